The minimum absolute atomic E-state index is 0.150. The van der Waals surface area contributed by atoms with Gasteiger partial charge >= 0.3 is 0 Å². The molecule has 0 aliphatic rings. The van der Waals surface area contributed by atoms with Crippen molar-refractivity contribution in [1.29, 1.82) is 0 Å². The Morgan fingerprint density at radius 3 is 2.43 bits per heavy atom. The number of rotatable bonds is 5. The zero-order valence-corrected chi connectivity index (χ0v) is 17.0. The Balaban J connectivity index is 1.44. The van der Waals surface area contributed by atoms with Gasteiger partial charge in [0.05, 0.1) is 0 Å². The minimum Gasteiger partial charge on any atom is -0.439 e. The lowest BCUT2D eigenvalue weighted by Crippen LogP contribution is -2.12. The summed E-state index contributed by atoms with van der Waals surface area (Å²) in [6.07, 6.45) is 4.99. The number of ether oxygens (including phenoxy) is 1. The molecule has 0 aliphatic carbocycles. The molecule has 7 nitrogen and oxygen atoms in total. The van der Waals surface area contributed by atoms with Crippen LogP contribution in [-0.4, -0.2) is 25.4 Å². The first-order valence-electron chi connectivity index (χ1n) is 9.48. The van der Waals surface area contributed by atoms with Gasteiger partial charge in [0.2, 0.25) is 5.88 Å². The highest BCUT2D eigenvalue weighted by atomic mass is 16.5. The van der Waals surface area contributed by atoms with E-state index in [1.54, 1.807) is 36.5 Å². The van der Waals surface area contributed by atoms with Gasteiger partial charge in [-0.05, 0) is 68.3 Å². The molecule has 0 spiro atoms. The molecule has 0 radical (unpaired) electrons. The molecule has 1 N–H and O–H groups in total. The molecule has 2 aromatic carbocycles. The molecule has 0 saturated carbocycles. The van der Waals surface area contributed by atoms with Gasteiger partial charge in [-0.3, -0.25) is 9.36 Å². The first kappa shape index (κ1) is 19.3. The van der Waals surface area contributed by atoms with Gasteiger partial charge in [0.15, 0.2) is 0 Å². The number of hydrogen-bond donors (Lipinski definition) is 1. The third-order valence-electron chi connectivity index (χ3n) is 4.80. The van der Waals surface area contributed by atoms with E-state index >= 15 is 0 Å². The number of anilines is 1. The summed E-state index contributed by atoms with van der Waals surface area (Å²) in [6, 6.07) is 14.5. The SMILES string of the molecule is Cc1ccc(C(=O)Nc2ccc(Oc3cc(-n4ccnc4C)ncn3)cc2)cc1C. The summed E-state index contributed by atoms with van der Waals surface area (Å²) >= 11 is 0. The van der Waals surface area contributed by atoms with Gasteiger partial charge in [-0.25, -0.2) is 15.0 Å². The second-order valence-electron chi connectivity index (χ2n) is 6.94. The lowest BCUT2D eigenvalue weighted by molar-refractivity contribution is 0.102. The van der Waals surface area contributed by atoms with Crippen LogP contribution in [0.15, 0.2) is 67.3 Å². The third-order valence-corrected chi connectivity index (χ3v) is 4.80. The maximum absolute atomic E-state index is 12.5. The lowest BCUT2D eigenvalue weighted by atomic mass is 10.1. The number of imidazole rings is 1. The summed E-state index contributed by atoms with van der Waals surface area (Å²) in [4.78, 5) is 25.1. The minimum atomic E-state index is -0.150. The third kappa shape index (κ3) is 4.20. The van der Waals surface area contributed by atoms with Crippen LogP contribution in [0.3, 0.4) is 0 Å². The van der Waals surface area contributed by atoms with Crippen LogP contribution < -0.4 is 10.1 Å². The Hall–Kier alpha value is -4.00. The van der Waals surface area contributed by atoms with Gasteiger partial charge in [-0.1, -0.05) is 6.07 Å². The van der Waals surface area contributed by atoms with Crippen LogP contribution >= 0.6 is 0 Å². The fraction of sp³-hybridized carbons (Fsp3) is 0.130. The largest absolute Gasteiger partial charge is 0.439 e. The smallest absolute Gasteiger partial charge is 0.255 e. The molecule has 0 aliphatic heterocycles. The molecule has 150 valence electrons. The number of hydrogen-bond acceptors (Lipinski definition) is 5. The number of nitrogens with zero attached hydrogens (tertiary/aromatic N) is 4. The van der Waals surface area contributed by atoms with E-state index in [-0.39, 0.29) is 5.91 Å². The van der Waals surface area contributed by atoms with Gasteiger partial charge in [0.25, 0.3) is 5.91 Å². The number of carbonyl (C=O) groups is 1. The molecule has 30 heavy (non-hydrogen) atoms. The Kier molecular flexibility index (Phi) is 5.26. The summed E-state index contributed by atoms with van der Waals surface area (Å²) in [5, 5.41) is 2.90. The highest BCUT2D eigenvalue weighted by Crippen LogP contribution is 2.23. The summed E-state index contributed by atoms with van der Waals surface area (Å²) in [5.74, 6) is 2.37. The molecule has 4 rings (SSSR count). The van der Waals surface area contributed by atoms with E-state index in [9.17, 15) is 4.79 Å². The number of benzene rings is 2. The standard InChI is InChI=1S/C23H21N5O2/c1-15-4-5-18(12-16(15)2)23(29)27-19-6-8-20(9-7-19)30-22-13-21(25-14-26-22)28-11-10-24-17(28)3/h4-14H,1-3H3,(H,27,29). The van der Waals surface area contributed by atoms with E-state index in [0.29, 0.717) is 28.7 Å². The summed E-state index contributed by atoms with van der Waals surface area (Å²) in [6.45, 7) is 5.91. The van der Waals surface area contributed by atoms with Gasteiger partial charge < -0.3 is 10.1 Å². The van der Waals surface area contributed by atoms with E-state index < -0.39 is 0 Å². The molecular formula is C23H21N5O2. The average Bonchev–Trinajstić information content (AvgIpc) is 3.17. The van der Waals surface area contributed by atoms with Crippen LogP contribution in [0.5, 0.6) is 11.6 Å². The van der Waals surface area contributed by atoms with Crippen LogP contribution in [0.2, 0.25) is 0 Å². The van der Waals surface area contributed by atoms with Crippen molar-refractivity contribution < 1.29 is 9.53 Å². The Morgan fingerprint density at radius 2 is 1.73 bits per heavy atom. The predicted octanol–water partition coefficient (Wildman–Crippen LogP) is 4.63. The molecule has 4 aromatic rings. The summed E-state index contributed by atoms with van der Waals surface area (Å²) < 4.78 is 7.68. The zero-order chi connectivity index (χ0) is 21.1. The number of aryl methyl sites for hydroxylation is 3. The Bertz CT molecular complexity index is 1200. The summed E-state index contributed by atoms with van der Waals surface area (Å²) in [5.41, 5.74) is 3.55. The normalized spacial score (nSPS) is 10.6. The van der Waals surface area contributed by atoms with E-state index in [2.05, 4.69) is 20.3 Å². The topological polar surface area (TPSA) is 81.9 Å². The fourth-order valence-corrected chi connectivity index (χ4v) is 2.95. The molecule has 2 aromatic heterocycles. The average molecular weight is 399 g/mol. The van der Waals surface area contributed by atoms with Crippen LogP contribution in [0.4, 0.5) is 5.69 Å². The van der Waals surface area contributed by atoms with Crippen LogP contribution in [-0.2, 0) is 0 Å². The van der Waals surface area contributed by atoms with E-state index in [1.165, 1.54) is 6.33 Å². The van der Waals surface area contributed by atoms with Crippen LogP contribution in [0.1, 0.15) is 27.3 Å². The van der Waals surface area contributed by atoms with E-state index in [1.807, 2.05) is 49.7 Å². The van der Waals surface area contributed by atoms with Gasteiger partial charge in [-0.15, -0.1) is 0 Å². The van der Waals surface area contributed by atoms with Gasteiger partial charge in [0.1, 0.15) is 23.7 Å². The quantitative estimate of drug-likeness (QED) is 0.529. The van der Waals surface area contributed by atoms with Crippen molar-refractivity contribution in [2.24, 2.45) is 0 Å². The van der Waals surface area contributed by atoms with Crippen molar-refractivity contribution in [3.05, 3.63) is 89.8 Å². The molecule has 1 amide bonds. The van der Waals surface area contributed by atoms with Crippen molar-refractivity contribution in [1.82, 2.24) is 19.5 Å². The highest BCUT2D eigenvalue weighted by Gasteiger charge is 2.09. The molecule has 0 fully saturated rings. The maximum atomic E-state index is 12.5. The molecule has 2 heterocycles. The van der Waals surface area contributed by atoms with Gasteiger partial charge in [0, 0.05) is 29.7 Å². The van der Waals surface area contributed by atoms with Crippen molar-refractivity contribution in [2.75, 3.05) is 5.32 Å². The molecule has 0 bridgehead atoms. The van der Waals surface area contributed by atoms with Crippen molar-refractivity contribution >= 4 is 11.6 Å². The van der Waals surface area contributed by atoms with Crippen molar-refractivity contribution in [2.45, 2.75) is 20.8 Å². The highest BCUT2D eigenvalue weighted by molar-refractivity contribution is 6.04. The Morgan fingerprint density at radius 1 is 0.933 bits per heavy atom. The predicted molar refractivity (Wildman–Crippen MR) is 114 cm³/mol. The molecule has 0 saturated heterocycles. The van der Waals surface area contributed by atoms with Crippen LogP contribution in [0.25, 0.3) is 5.82 Å². The summed E-state index contributed by atoms with van der Waals surface area (Å²) in [7, 11) is 0. The van der Waals surface area contributed by atoms with E-state index in [0.717, 1.165) is 17.0 Å². The monoisotopic (exact) mass is 399 g/mol. The molecule has 0 atom stereocenters. The number of nitrogens with one attached hydrogen (secondary N) is 1. The zero-order valence-electron chi connectivity index (χ0n) is 17.0. The molecular weight excluding hydrogens is 378 g/mol. The van der Waals surface area contributed by atoms with E-state index in [4.69, 9.17) is 4.74 Å². The second kappa shape index (κ2) is 8.16. The maximum Gasteiger partial charge on any atom is 0.255 e. The first-order chi connectivity index (χ1) is 14.5. The fourth-order valence-electron chi connectivity index (χ4n) is 2.95. The number of carbonyl (C=O) groups excluding carboxylic acids is 1. The van der Waals surface area contributed by atoms with Crippen molar-refractivity contribution in [3.63, 3.8) is 0 Å². The molecule has 0 unspecified atom stereocenters. The number of amides is 1. The lowest BCUT2D eigenvalue weighted by Gasteiger charge is -2.09. The van der Waals surface area contributed by atoms with Crippen molar-refractivity contribution in [3.8, 4) is 17.4 Å². The Labute approximate surface area is 174 Å². The number of aromatic nitrogens is 4. The van der Waals surface area contributed by atoms with Gasteiger partial charge in [-0.2, -0.15) is 0 Å². The van der Waals surface area contributed by atoms with Crippen LogP contribution in [0, 0.1) is 20.8 Å². The first-order valence-corrected chi connectivity index (χ1v) is 9.48. The molecule has 7 heteroatoms. The second-order valence-corrected chi connectivity index (χ2v) is 6.94.